The molecule has 0 amide bonds. The Kier molecular flexibility index (Phi) is 3.54. The molecule has 0 aliphatic heterocycles. The van der Waals surface area contributed by atoms with E-state index in [1.54, 1.807) is 12.5 Å². The summed E-state index contributed by atoms with van der Waals surface area (Å²) >= 11 is 6.14. The highest BCUT2D eigenvalue weighted by atomic mass is 35.5. The van der Waals surface area contributed by atoms with Crippen molar-refractivity contribution < 1.29 is 4.42 Å². The molecule has 0 aromatic carbocycles. The lowest BCUT2D eigenvalue weighted by molar-refractivity contribution is 0.526. The highest BCUT2D eigenvalue weighted by Crippen LogP contribution is 2.27. The van der Waals surface area contributed by atoms with Crippen molar-refractivity contribution in [2.75, 3.05) is 0 Å². The molecule has 0 aliphatic rings. The summed E-state index contributed by atoms with van der Waals surface area (Å²) in [6.45, 7) is 4.79. The van der Waals surface area contributed by atoms with Gasteiger partial charge in [0.15, 0.2) is 0 Å². The van der Waals surface area contributed by atoms with Gasteiger partial charge in [-0.25, -0.2) is 0 Å². The molecule has 2 heterocycles. The van der Waals surface area contributed by atoms with Crippen LogP contribution in [-0.4, -0.2) is 9.78 Å². The maximum absolute atomic E-state index is 6.20. The third kappa shape index (κ3) is 2.37. The van der Waals surface area contributed by atoms with E-state index in [0.29, 0.717) is 5.02 Å². The Bertz CT molecular complexity index is 504. The molecule has 0 radical (unpaired) electrons. The number of furan rings is 1. The Morgan fingerprint density at radius 2 is 2.35 bits per heavy atom. The molecule has 17 heavy (non-hydrogen) atoms. The van der Waals surface area contributed by atoms with Crippen LogP contribution in [0.5, 0.6) is 0 Å². The molecule has 2 aromatic rings. The van der Waals surface area contributed by atoms with Crippen LogP contribution in [0.15, 0.2) is 22.9 Å². The number of aromatic nitrogens is 2. The van der Waals surface area contributed by atoms with Crippen molar-refractivity contribution in [3.8, 4) is 0 Å². The van der Waals surface area contributed by atoms with E-state index in [1.165, 1.54) is 0 Å². The van der Waals surface area contributed by atoms with E-state index in [9.17, 15) is 0 Å². The maximum atomic E-state index is 6.20. The summed E-state index contributed by atoms with van der Waals surface area (Å²) in [4.78, 5) is 0. The third-order valence-corrected chi connectivity index (χ3v) is 2.96. The van der Waals surface area contributed by atoms with E-state index in [4.69, 9.17) is 21.8 Å². The van der Waals surface area contributed by atoms with E-state index in [0.717, 1.165) is 30.0 Å². The minimum Gasteiger partial charge on any atom is -0.469 e. The summed E-state index contributed by atoms with van der Waals surface area (Å²) in [6.07, 6.45) is 4.29. The number of aryl methyl sites for hydroxylation is 2. The van der Waals surface area contributed by atoms with Crippen LogP contribution < -0.4 is 5.73 Å². The molecular formula is C12H16ClN3O. The van der Waals surface area contributed by atoms with Gasteiger partial charge in [0.05, 0.1) is 29.2 Å². The molecule has 4 nitrogen and oxygen atoms in total. The van der Waals surface area contributed by atoms with Crippen LogP contribution in [0.1, 0.15) is 36.4 Å². The molecule has 0 aliphatic carbocycles. The molecule has 2 aromatic heterocycles. The minimum atomic E-state index is -0.297. The van der Waals surface area contributed by atoms with E-state index >= 15 is 0 Å². The number of nitrogens with two attached hydrogens (primary N) is 1. The normalized spacial score (nSPS) is 12.9. The van der Waals surface area contributed by atoms with Crippen molar-refractivity contribution in [2.45, 2.75) is 32.9 Å². The van der Waals surface area contributed by atoms with Crippen molar-refractivity contribution >= 4 is 11.6 Å². The fraction of sp³-hybridized carbons (Fsp3) is 0.417. The minimum absolute atomic E-state index is 0.297. The van der Waals surface area contributed by atoms with E-state index in [2.05, 4.69) is 12.0 Å². The van der Waals surface area contributed by atoms with Crippen molar-refractivity contribution in [3.05, 3.63) is 40.6 Å². The first-order valence-electron chi connectivity index (χ1n) is 5.65. The summed E-state index contributed by atoms with van der Waals surface area (Å²) in [5.41, 5.74) is 7.96. The molecule has 92 valence electrons. The van der Waals surface area contributed by atoms with Crippen molar-refractivity contribution in [3.63, 3.8) is 0 Å². The largest absolute Gasteiger partial charge is 0.469 e. The molecule has 2 rings (SSSR count). The molecule has 0 saturated carbocycles. The summed E-state index contributed by atoms with van der Waals surface area (Å²) in [7, 11) is 0. The lowest BCUT2D eigenvalue weighted by atomic mass is 10.1. The second-order valence-corrected chi connectivity index (χ2v) is 4.48. The standard InChI is InChI=1S/C12H16ClN3O/c1-3-4-16-12(10(13)6-15-16)11(14)9-5-8(2)17-7-9/h5-7,11H,3-4,14H2,1-2H3. The Labute approximate surface area is 105 Å². The number of hydrogen-bond donors (Lipinski definition) is 1. The van der Waals surface area contributed by atoms with Gasteiger partial charge in [-0.2, -0.15) is 5.10 Å². The molecule has 2 N–H and O–H groups in total. The number of halogens is 1. The van der Waals surface area contributed by atoms with Crippen molar-refractivity contribution in [2.24, 2.45) is 5.73 Å². The first-order valence-corrected chi connectivity index (χ1v) is 6.03. The third-order valence-electron chi connectivity index (χ3n) is 2.67. The zero-order valence-electron chi connectivity index (χ0n) is 9.98. The van der Waals surface area contributed by atoms with Gasteiger partial charge in [-0.05, 0) is 19.4 Å². The van der Waals surface area contributed by atoms with Gasteiger partial charge in [0.1, 0.15) is 5.76 Å². The Morgan fingerprint density at radius 1 is 1.59 bits per heavy atom. The molecule has 0 fully saturated rings. The molecule has 5 heteroatoms. The van der Waals surface area contributed by atoms with Gasteiger partial charge in [-0.15, -0.1) is 0 Å². The van der Waals surface area contributed by atoms with E-state index < -0.39 is 0 Å². The van der Waals surface area contributed by atoms with Gasteiger partial charge < -0.3 is 10.2 Å². The van der Waals surface area contributed by atoms with Crippen LogP contribution in [0.2, 0.25) is 5.02 Å². The Morgan fingerprint density at radius 3 is 2.94 bits per heavy atom. The summed E-state index contributed by atoms with van der Waals surface area (Å²) < 4.78 is 7.13. The fourth-order valence-corrected chi connectivity index (χ4v) is 2.11. The van der Waals surface area contributed by atoms with E-state index in [-0.39, 0.29) is 6.04 Å². The number of rotatable bonds is 4. The molecule has 1 atom stereocenters. The van der Waals surface area contributed by atoms with Crippen molar-refractivity contribution in [1.82, 2.24) is 9.78 Å². The van der Waals surface area contributed by atoms with Gasteiger partial charge in [0.2, 0.25) is 0 Å². The first-order chi connectivity index (χ1) is 8.13. The average molecular weight is 254 g/mol. The monoisotopic (exact) mass is 253 g/mol. The van der Waals surface area contributed by atoms with Crippen LogP contribution >= 0.6 is 11.6 Å². The molecule has 0 saturated heterocycles. The number of nitrogens with zero attached hydrogens (tertiary/aromatic N) is 2. The summed E-state index contributed by atoms with van der Waals surface area (Å²) in [5.74, 6) is 0.841. The van der Waals surface area contributed by atoms with Crippen LogP contribution in [-0.2, 0) is 6.54 Å². The highest BCUT2D eigenvalue weighted by molar-refractivity contribution is 6.31. The predicted octanol–water partition coefficient (Wildman–Crippen LogP) is 2.90. The molecule has 1 unspecified atom stereocenters. The zero-order valence-corrected chi connectivity index (χ0v) is 10.7. The summed E-state index contributed by atoms with van der Waals surface area (Å²) in [5, 5.41) is 4.83. The average Bonchev–Trinajstić information content (AvgIpc) is 2.86. The second kappa shape index (κ2) is 4.94. The Hall–Kier alpha value is -1.26. The van der Waals surface area contributed by atoms with Gasteiger partial charge in [-0.3, -0.25) is 4.68 Å². The van der Waals surface area contributed by atoms with Gasteiger partial charge in [0, 0.05) is 12.1 Å². The number of hydrogen-bond acceptors (Lipinski definition) is 3. The van der Waals surface area contributed by atoms with Crippen molar-refractivity contribution in [1.29, 1.82) is 0 Å². The van der Waals surface area contributed by atoms with E-state index in [1.807, 2.05) is 17.7 Å². The zero-order chi connectivity index (χ0) is 12.4. The smallest absolute Gasteiger partial charge is 0.101 e. The lowest BCUT2D eigenvalue weighted by Gasteiger charge is -2.12. The second-order valence-electron chi connectivity index (χ2n) is 4.07. The first kappa shape index (κ1) is 12.2. The van der Waals surface area contributed by atoms with Crippen LogP contribution in [0.25, 0.3) is 0 Å². The maximum Gasteiger partial charge on any atom is 0.101 e. The van der Waals surface area contributed by atoms with Gasteiger partial charge in [-0.1, -0.05) is 18.5 Å². The molecular weight excluding hydrogens is 238 g/mol. The lowest BCUT2D eigenvalue weighted by Crippen LogP contribution is -2.17. The topological polar surface area (TPSA) is 57.0 Å². The van der Waals surface area contributed by atoms with Gasteiger partial charge in [0.25, 0.3) is 0 Å². The molecule has 0 bridgehead atoms. The summed E-state index contributed by atoms with van der Waals surface area (Å²) in [6, 6.07) is 1.62. The van der Waals surface area contributed by atoms with Crippen LogP contribution in [0.4, 0.5) is 0 Å². The molecule has 0 spiro atoms. The quantitative estimate of drug-likeness (QED) is 0.912. The van der Waals surface area contributed by atoms with Crippen LogP contribution in [0, 0.1) is 6.92 Å². The van der Waals surface area contributed by atoms with Gasteiger partial charge >= 0.3 is 0 Å². The predicted molar refractivity (Wildman–Crippen MR) is 67.0 cm³/mol. The highest BCUT2D eigenvalue weighted by Gasteiger charge is 2.19. The fourth-order valence-electron chi connectivity index (χ4n) is 1.86. The SMILES string of the molecule is CCCn1ncc(Cl)c1C(N)c1coc(C)c1. The van der Waals surface area contributed by atoms with Crippen LogP contribution in [0.3, 0.4) is 0 Å². The Balaban J connectivity index is 2.35.